The Labute approximate surface area is 105 Å². The molecule has 0 aliphatic rings. The molecule has 16 heavy (non-hydrogen) atoms. The van der Waals surface area contributed by atoms with Crippen molar-refractivity contribution in [2.75, 3.05) is 5.73 Å². The number of nitrogens with two attached hydrogens (primary N) is 1. The Morgan fingerprint density at radius 3 is 2.25 bits per heavy atom. The van der Waals surface area contributed by atoms with E-state index in [1.54, 1.807) is 0 Å². The number of nitrogen functional groups attached to an aromatic ring is 1. The molecule has 1 nitrogen and oxygen atoms in total. The zero-order valence-corrected chi connectivity index (χ0v) is 10.9. The maximum absolute atomic E-state index is 5.95. The van der Waals surface area contributed by atoms with Crippen molar-refractivity contribution in [1.82, 2.24) is 0 Å². The third kappa shape index (κ3) is 2.08. The van der Waals surface area contributed by atoms with Gasteiger partial charge in [-0.25, -0.2) is 0 Å². The Hall–Kier alpha value is -0.990. The second kappa shape index (κ2) is 4.48. The van der Waals surface area contributed by atoms with Crippen molar-refractivity contribution < 1.29 is 0 Å². The van der Waals surface area contributed by atoms with Crippen LogP contribution < -0.4 is 5.73 Å². The van der Waals surface area contributed by atoms with Crippen LogP contribution in [0.5, 0.6) is 0 Å². The third-order valence-corrected chi connectivity index (χ3v) is 3.92. The molecule has 2 rings (SSSR count). The number of thiophene rings is 1. The van der Waals surface area contributed by atoms with E-state index >= 15 is 0 Å². The fraction of sp³-hybridized carbons (Fsp3) is 0.231. The van der Waals surface area contributed by atoms with Gasteiger partial charge in [-0.1, -0.05) is 49.7 Å². The highest BCUT2D eigenvalue weighted by Crippen LogP contribution is 2.37. The Morgan fingerprint density at radius 1 is 1.19 bits per heavy atom. The number of rotatable bonds is 2. The van der Waals surface area contributed by atoms with Crippen LogP contribution in [0, 0.1) is 0 Å². The second-order valence-corrected chi connectivity index (χ2v) is 5.60. The predicted molar refractivity (Wildman–Crippen MR) is 73.3 cm³/mol. The Kier molecular flexibility index (Phi) is 3.22. The first-order chi connectivity index (χ1) is 7.59. The van der Waals surface area contributed by atoms with Crippen molar-refractivity contribution in [1.29, 1.82) is 0 Å². The van der Waals surface area contributed by atoms with Gasteiger partial charge >= 0.3 is 0 Å². The van der Waals surface area contributed by atoms with Crippen molar-refractivity contribution in [3.05, 3.63) is 39.5 Å². The molecule has 1 heterocycles. The van der Waals surface area contributed by atoms with Crippen LogP contribution in [0.3, 0.4) is 0 Å². The molecule has 0 saturated carbocycles. The molecule has 84 valence electrons. The topological polar surface area (TPSA) is 26.0 Å². The summed E-state index contributed by atoms with van der Waals surface area (Å²) in [6, 6.07) is 8.49. The van der Waals surface area contributed by atoms with Gasteiger partial charge in [0.2, 0.25) is 0 Å². The van der Waals surface area contributed by atoms with Gasteiger partial charge in [-0.2, -0.15) is 0 Å². The molecule has 2 N–H and O–H groups in total. The number of hydrogen-bond acceptors (Lipinski definition) is 2. The molecule has 0 unspecified atom stereocenters. The molecule has 1 aromatic heterocycles. The zero-order chi connectivity index (χ0) is 11.7. The molecule has 0 radical (unpaired) electrons. The summed E-state index contributed by atoms with van der Waals surface area (Å²) in [6.45, 7) is 4.37. The van der Waals surface area contributed by atoms with Gasteiger partial charge in [0.1, 0.15) is 4.34 Å². The highest BCUT2D eigenvalue weighted by atomic mass is 35.5. The van der Waals surface area contributed by atoms with Crippen LogP contribution >= 0.6 is 22.9 Å². The number of anilines is 1. The number of hydrogen-bond donors (Lipinski definition) is 1. The van der Waals surface area contributed by atoms with Crippen LogP contribution in [-0.4, -0.2) is 0 Å². The van der Waals surface area contributed by atoms with E-state index in [1.165, 1.54) is 16.9 Å². The van der Waals surface area contributed by atoms with Gasteiger partial charge in [-0.15, -0.1) is 11.3 Å². The van der Waals surface area contributed by atoms with Crippen LogP contribution in [0.2, 0.25) is 4.34 Å². The summed E-state index contributed by atoms with van der Waals surface area (Å²) in [5, 5.41) is 2.00. The summed E-state index contributed by atoms with van der Waals surface area (Å²) in [7, 11) is 0. The van der Waals surface area contributed by atoms with Gasteiger partial charge < -0.3 is 5.73 Å². The molecule has 0 bridgehead atoms. The molecular weight excluding hydrogens is 238 g/mol. The summed E-state index contributed by atoms with van der Waals surface area (Å²) in [6.07, 6.45) is 0. The van der Waals surface area contributed by atoms with Crippen LogP contribution in [0.25, 0.3) is 11.1 Å². The first kappa shape index (κ1) is 11.5. The maximum atomic E-state index is 5.95. The SMILES string of the molecule is CC(C)c1ccc(-c2csc(Cl)c2N)cc1. The van der Waals surface area contributed by atoms with E-state index in [0.717, 1.165) is 11.1 Å². The largest absolute Gasteiger partial charge is 0.396 e. The number of halogens is 1. The lowest BCUT2D eigenvalue weighted by Crippen LogP contribution is -1.88. The molecule has 0 saturated heterocycles. The molecule has 0 spiro atoms. The minimum Gasteiger partial charge on any atom is -0.396 e. The third-order valence-electron chi connectivity index (χ3n) is 2.67. The van der Waals surface area contributed by atoms with E-state index in [2.05, 4.69) is 38.1 Å². The summed E-state index contributed by atoms with van der Waals surface area (Å²) in [5.74, 6) is 0.553. The Morgan fingerprint density at radius 2 is 1.81 bits per heavy atom. The fourth-order valence-corrected chi connectivity index (χ4v) is 2.57. The van der Waals surface area contributed by atoms with Crippen LogP contribution in [-0.2, 0) is 0 Å². The number of benzene rings is 1. The molecule has 0 fully saturated rings. The van der Waals surface area contributed by atoms with Crippen molar-refractivity contribution in [3.63, 3.8) is 0 Å². The average molecular weight is 252 g/mol. The highest BCUT2D eigenvalue weighted by Gasteiger charge is 2.08. The van der Waals surface area contributed by atoms with Crippen molar-refractivity contribution in [3.8, 4) is 11.1 Å². The van der Waals surface area contributed by atoms with E-state index in [-0.39, 0.29) is 0 Å². The van der Waals surface area contributed by atoms with Gasteiger partial charge in [0.15, 0.2) is 0 Å². The molecule has 2 aromatic rings. The lowest BCUT2D eigenvalue weighted by atomic mass is 10.00. The van der Waals surface area contributed by atoms with Gasteiger partial charge in [0, 0.05) is 10.9 Å². The average Bonchev–Trinajstić information content (AvgIpc) is 2.60. The van der Waals surface area contributed by atoms with Crippen LogP contribution in [0.1, 0.15) is 25.3 Å². The van der Waals surface area contributed by atoms with Crippen molar-refractivity contribution in [2.24, 2.45) is 0 Å². The fourth-order valence-electron chi connectivity index (χ4n) is 1.61. The smallest absolute Gasteiger partial charge is 0.116 e. The van der Waals surface area contributed by atoms with Crippen molar-refractivity contribution in [2.45, 2.75) is 19.8 Å². The minimum atomic E-state index is 0.553. The normalized spacial score (nSPS) is 11.0. The summed E-state index contributed by atoms with van der Waals surface area (Å²) in [5.41, 5.74) is 10.1. The van der Waals surface area contributed by atoms with Gasteiger partial charge in [0.05, 0.1) is 5.69 Å². The maximum Gasteiger partial charge on any atom is 0.116 e. The van der Waals surface area contributed by atoms with E-state index in [9.17, 15) is 0 Å². The van der Waals surface area contributed by atoms with E-state index in [4.69, 9.17) is 17.3 Å². The molecule has 0 atom stereocenters. The lowest BCUT2D eigenvalue weighted by molar-refractivity contribution is 0.867. The minimum absolute atomic E-state index is 0.553. The second-order valence-electron chi connectivity index (χ2n) is 4.11. The van der Waals surface area contributed by atoms with Crippen LogP contribution in [0.4, 0.5) is 5.69 Å². The summed E-state index contributed by atoms with van der Waals surface area (Å²) in [4.78, 5) is 0. The van der Waals surface area contributed by atoms with Gasteiger partial charge in [0.25, 0.3) is 0 Å². The molecule has 0 aliphatic heterocycles. The van der Waals surface area contributed by atoms with E-state index < -0.39 is 0 Å². The van der Waals surface area contributed by atoms with E-state index in [1.807, 2.05) is 5.38 Å². The molecule has 0 amide bonds. The highest BCUT2D eigenvalue weighted by molar-refractivity contribution is 7.15. The molecule has 3 heteroatoms. The first-order valence-electron chi connectivity index (χ1n) is 5.22. The Balaban J connectivity index is 2.38. The Bertz CT molecular complexity index is 485. The van der Waals surface area contributed by atoms with Crippen LogP contribution in [0.15, 0.2) is 29.6 Å². The van der Waals surface area contributed by atoms with Gasteiger partial charge in [-0.05, 0) is 17.0 Å². The molecular formula is C13H14ClNS. The predicted octanol–water partition coefficient (Wildman–Crippen LogP) is 4.77. The summed E-state index contributed by atoms with van der Waals surface area (Å²) < 4.78 is 0.669. The zero-order valence-electron chi connectivity index (χ0n) is 9.33. The molecule has 0 aliphatic carbocycles. The lowest BCUT2D eigenvalue weighted by Gasteiger charge is -2.06. The van der Waals surface area contributed by atoms with E-state index in [0.29, 0.717) is 15.9 Å². The monoisotopic (exact) mass is 251 g/mol. The summed E-state index contributed by atoms with van der Waals surface area (Å²) >= 11 is 7.43. The van der Waals surface area contributed by atoms with Crippen molar-refractivity contribution >= 4 is 28.6 Å². The standard InChI is InChI=1S/C13H14ClNS/c1-8(2)9-3-5-10(6-4-9)11-7-16-13(14)12(11)15/h3-8H,15H2,1-2H3. The van der Waals surface area contributed by atoms with Gasteiger partial charge in [-0.3, -0.25) is 0 Å². The first-order valence-corrected chi connectivity index (χ1v) is 6.48. The molecule has 1 aromatic carbocycles. The quantitative estimate of drug-likeness (QED) is 0.817.